The van der Waals surface area contributed by atoms with E-state index < -0.39 is 17.2 Å². The molecule has 2 heterocycles. The summed E-state index contributed by atoms with van der Waals surface area (Å²) in [5, 5.41) is 18.9. The Morgan fingerprint density at radius 3 is 2.85 bits per heavy atom. The van der Waals surface area contributed by atoms with Crippen LogP contribution in [0.4, 0.5) is 4.39 Å². The standard InChI is InChI=1S/C17H20FN5O3/c1-19-9-12-15-22-13(14(24)17(26)23(15)7-6-20-12)16(25)21-8-10-2-4-11(18)5-3-10/h2-5,12,19-20,24H,6-9H2,1H3,(H,21,25). The fourth-order valence-corrected chi connectivity index (χ4v) is 2.88. The second-order valence-electron chi connectivity index (χ2n) is 6.00. The maximum Gasteiger partial charge on any atom is 0.296 e. The molecular weight excluding hydrogens is 341 g/mol. The van der Waals surface area contributed by atoms with Crippen LogP contribution in [-0.4, -0.2) is 40.7 Å². The van der Waals surface area contributed by atoms with Gasteiger partial charge in [0, 0.05) is 26.2 Å². The van der Waals surface area contributed by atoms with Crippen LogP contribution in [0.25, 0.3) is 0 Å². The lowest BCUT2D eigenvalue weighted by Gasteiger charge is -2.27. The minimum atomic E-state index is -0.671. The lowest BCUT2D eigenvalue weighted by atomic mass is 10.2. The second kappa shape index (κ2) is 7.63. The molecule has 0 aliphatic carbocycles. The Kier molecular flexibility index (Phi) is 5.29. The number of benzene rings is 1. The summed E-state index contributed by atoms with van der Waals surface area (Å²) >= 11 is 0. The van der Waals surface area contributed by atoms with Crippen LogP contribution in [0, 0.1) is 5.82 Å². The fourth-order valence-electron chi connectivity index (χ4n) is 2.88. The summed E-state index contributed by atoms with van der Waals surface area (Å²) in [6.07, 6.45) is 0. The van der Waals surface area contributed by atoms with Crippen molar-refractivity contribution in [2.75, 3.05) is 20.1 Å². The highest BCUT2D eigenvalue weighted by Gasteiger charge is 2.27. The van der Waals surface area contributed by atoms with Gasteiger partial charge in [-0.2, -0.15) is 0 Å². The van der Waals surface area contributed by atoms with Crippen molar-refractivity contribution in [1.82, 2.24) is 25.5 Å². The van der Waals surface area contributed by atoms with Crippen molar-refractivity contribution in [3.05, 3.63) is 57.5 Å². The monoisotopic (exact) mass is 361 g/mol. The van der Waals surface area contributed by atoms with Gasteiger partial charge in [0.15, 0.2) is 5.69 Å². The Bertz CT molecular complexity index is 866. The number of aromatic hydroxyl groups is 1. The first-order valence-corrected chi connectivity index (χ1v) is 8.25. The Balaban J connectivity index is 1.85. The summed E-state index contributed by atoms with van der Waals surface area (Å²) < 4.78 is 14.3. The first kappa shape index (κ1) is 18.0. The number of nitrogens with zero attached hydrogens (tertiary/aromatic N) is 2. The van der Waals surface area contributed by atoms with Crippen LogP contribution >= 0.6 is 0 Å². The van der Waals surface area contributed by atoms with Gasteiger partial charge in [-0.3, -0.25) is 14.2 Å². The molecule has 1 aromatic carbocycles. The van der Waals surface area contributed by atoms with Crippen molar-refractivity contribution in [2.45, 2.75) is 19.1 Å². The molecule has 8 nitrogen and oxygen atoms in total. The molecule has 1 aliphatic heterocycles. The van der Waals surface area contributed by atoms with E-state index in [1.807, 2.05) is 0 Å². The molecular formula is C17H20FN5O3. The smallest absolute Gasteiger partial charge is 0.296 e. The number of hydrogen-bond donors (Lipinski definition) is 4. The maximum atomic E-state index is 12.9. The number of carbonyl (C=O) groups excluding carboxylic acids is 1. The van der Waals surface area contributed by atoms with Crippen molar-refractivity contribution in [3.63, 3.8) is 0 Å². The highest BCUT2D eigenvalue weighted by atomic mass is 19.1. The van der Waals surface area contributed by atoms with Crippen LogP contribution in [0.3, 0.4) is 0 Å². The van der Waals surface area contributed by atoms with E-state index in [4.69, 9.17) is 0 Å². The Labute approximate surface area is 149 Å². The molecule has 138 valence electrons. The summed E-state index contributed by atoms with van der Waals surface area (Å²) in [6.45, 7) is 1.58. The van der Waals surface area contributed by atoms with E-state index >= 15 is 0 Å². The molecule has 1 amide bonds. The average Bonchev–Trinajstić information content (AvgIpc) is 2.64. The summed E-state index contributed by atoms with van der Waals surface area (Å²) in [5.41, 5.74) is -0.263. The highest BCUT2D eigenvalue weighted by molar-refractivity contribution is 5.94. The number of carbonyl (C=O) groups is 1. The van der Waals surface area contributed by atoms with Gasteiger partial charge in [0.1, 0.15) is 11.6 Å². The molecule has 0 bridgehead atoms. The normalized spacial score (nSPS) is 16.2. The molecule has 0 saturated carbocycles. The van der Waals surface area contributed by atoms with Crippen LogP contribution in [-0.2, 0) is 13.1 Å². The van der Waals surface area contributed by atoms with Crippen LogP contribution in [0.15, 0.2) is 29.1 Å². The molecule has 1 aromatic heterocycles. The average molecular weight is 361 g/mol. The number of likely N-dealkylation sites (N-methyl/N-ethyl adjacent to an activating group) is 1. The molecule has 1 atom stereocenters. The number of nitrogens with one attached hydrogen (secondary N) is 3. The van der Waals surface area contributed by atoms with E-state index in [0.29, 0.717) is 31.0 Å². The van der Waals surface area contributed by atoms with E-state index in [9.17, 15) is 19.1 Å². The van der Waals surface area contributed by atoms with Crippen LogP contribution in [0.2, 0.25) is 0 Å². The third kappa shape index (κ3) is 3.58. The molecule has 1 unspecified atom stereocenters. The molecule has 26 heavy (non-hydrogen) atoms. The molecule has 0 fully saturated rings. The minimum Gasteiger partial charge on any atom is -0.501 e. The summed E-state index contributed by atoms with van der Waals surface area (Å²) in [7, 11) is 1.77. The van der Waals surface area contributed by atoms with Gasteiger partial charge >= 0.3 is 0 Å². The predicted molar refractivity (Wildman–Crippen MR) is 92.4 cm³/mol. The fraction of sp³-hybridized carbons (Fsp3) is 0.353. The van der Waals surface area contributed by atoms with E-state index in [1.165, 1.54) is 28.8 Å². The molecule has 1 aliphatic rings. The molecule has 0 saturated heterocycles. The summed E-state index contributed by atoms with van der Waals surface area (Å²) in [6, 6.07) is 5.41. The van der Waals surface area contributed by atoms with Gasteiger partial charge in [-0.05, 0) is 24.7 Å². The zero-order chi connectivity index (χ0) is 18.7. The van der Waals surface area contributed by atoms with Crippen molar-refractivity contribution in [3.8, 4) is 5.75 Å². The van der Waals surface area contributed by atoms with Gasteiger partial charge < -0.3 is 21.1 Å². The van der Waals surface area contributed by atoms with Gasteiger partial charge in [0.25, 0.3) is 11.5 Å². The molecule has 4 N–H and O–H groups in total. The van der Waals surface area contributed by atoms with Crippen molar-refractivity contribution >= 4 is 5.91 Å². The van der Waals surface area contributed by atoms with Gasteiger partial charge in [-0.25, -0.2) is 9.37 Å². The topological polar surface area (TPSA) is 108 Å². The number of rotatable bonds is 5. The Hall–Kier alpha value is -2.78. The SMILES string of the molecule is CNCC1NCCn2c1nc(C(=O)NCc1ccc(F)cc1)c(O)c2=O. The third-order valence-electron chi connectivity index (χ3n) is 4.20. The maximum absolute atomic E-state index is 12.9. The van der Waals surface area contributed by atoms with Crippen molar-refractivity contribution in [2.24, 2.45) is 0 Å². The molecule has 2 aromatic rings. The number of amides is 1. The minimum absolute atomic E-state index is 0.122. The first-order valence-electron chi connectivity index (χ1n) is 8.25. The van der Waals surface area contributed by atoms with Crippen LogP contribution in [0.5, 0.6) is 5.75 Å². The number of aromatic nitrogens is 2. The number of hydrogen-bond acceptors (Lipinski definition) is 6. The van der Waals surface area contributed by atoms with Gasteiger partial charge in [0.05, 0.1) is 6.04 Å². The van der Waals surface area contributed by atoms with Crippen molar-refractivity contribution in [1.29, 1.82) is 0 Å². The lowest BCUT2D eigenvalue weighted by Crippen LogP contribution is -2.44. The zero-order valence-electron chi connectivity index (χ0n) is 14.3. The third-order valence-corrected chi connectivity index (χ3v) is 4.20. The van der Waals surface area contributed by atoms with Gasteiger partial charge in [-0.15, -0.1) is 0 Å². The van der Waals surface area contributed by atoms with Crippen LogP contribution < -0.4 is 21.5 Å². The molecule has 0 radical (unpaired) electrons. The molecule has 9 heteroatoms. The van der Waals surface area contributed by atoms with E-state index in [2.05, 4.69) is 20.9 Å². The van der Waals surface area contributed by atoms with Gasteiger partial charge in [0.2, 0.25) is 5.75 Å². The van der Waals surface area contributed by atoms with Gasteiger partial charge in [-0.1, -0.05) is 12.1 Å². The number of halogens is 1. The molecule has 3 rings (SSSR count). The van der Waals surface area contributed by atoms with Crippen LogP contribution in [0.1, 0.15) is 27.9 Å². The largest absolute Gasteiger partial charge is 0.501 e. The lowest BCUT2D eigenvalue weighted by molar-refractivity contribution is 0.0941. The first-order chi connectivity index (χ1) is 12.5. The number of fused-ring (bicyclic) bond motifs is 1. The zero-order valence-corrected chi connectivity index (χ0v) is 14.3. The Morgan fingerprint density at radius 1 is 1.42 bits per heavy atom. The summed E-state index contributed by atoms with van der Waals surface area (Å²) in [4.78, 5) is 29.1. The van der Waals surface area contributed by atoms with E-state index in [1.54, 1.807) is 7.05 Å². The second-order valence-corrected chi connectivity index (χ2v) is 6.00. The predicted octanol–water partition coefficient (Wildman–Crippen LogP) is -0.118. The van der Waals surface area contributed by atoms with Crippen molar-refractivity contribution < 1.29 is 14.3 Å². The molecule has 0 spiro atoms. The quantitative estimate of drug-likeness (QED) is 0.591. The highest BCUT2D eigenvalue weighted by Crippen LogP contribution is 2.17. The Morgan fingerprint density at radius 2 is 2.15 bits per heavy atom. The van der Waals surface area contributed by atoms with E-state index in [0.717, 1.165) is 0 Å². The van der Waals surface area contributed by atoms with E-state index in [-0.39, 0.29) is 24.1 Å². The summed E-state index contributed by atoms with van der Waals surface area (Å²) in [5.74, 6) is -1.30.